The summed E-state index contributed by atoms with van der Waals surface area (Å²) in [5, 5.41) is 2.15. The second-order valence-corrected chi connectivity index (χ2v) is 4.81. The molecule has 6 nitrogen and oxygen atoms in total. The molecule has 0 radical (unpaired) electrons. The van der Waals surface area contributed by atoms with E-state index in [0.29, 0.717) is 11.4 Å². The first-order valence-electron chi connectivity index (χ1n) is 6.58. The molecule has 1 aliphatic heterocycles. The monoisotopic (exact) mass is 296 g/mol. The Balaban J connectivity index is 2.01. The van der Waals surface area contributed by atoms with Gasteiger partial charge in [-0.2, -0.15) is 0 Å². The lowest BCUT2D eigenvalue weighted by Gasteiger charge is -2.26. The summed E-state index contributed by atoms with van der Waals surface area (Å²) >= 11 is 0. The highest BCUT2D eigenvalue weighted by Gasteiger charge is 2.36. The van der Waals surface area contributed by atoms with E-state index in [1.807, 2.05) is 6.92 Å². The summed E-state index contributed by atoms with van der Waals surface area (Å²) in [7, 11) is 0. The van der Waals surface area contributed by atoms with Gasteiger partial charge in [0.1, 0.15) is 11.3 Å². The molecule has 2 heterocycles. The summed E-state index contributed by atoms with van der Waals surface area (Å²) in [5.74, 6) is -1.07. The smallest absolute Gasteiger partial charge is 0.335 e. The van der Waals surface area contributed by atoms with Crippen LogP contribution in [-0.4, -0.2) is 17.8 Å². The Kier molecular flexibility index (Phi) is 3.34. The number of barbiturate groups is 1. The summed E-state index contributed by atoms with van der Waals surface area (Å²) in [5.41, 5.74) is 1.23. The first-order valence-corrected chi connectivity index (χ1v) is 6.58. The van der Waals surface area contributed by atoms with Crippen LogP contribution in [0.5, 0.6) is 0 Å². The van der Waals surface area contributed by atoms with Gasteiger partial charge in [0.15, 0.2) is 0 Å². The normalized spacial score (nSPS) is 17.0. The van der Waals surface area contributed by atoms with E-state index in [0.717, 1.165) is 10.5 Å². The number of nitrogens with one attached hydrogen (secondary N) is 1. The molecule has 4 amide bonds. The van der Waals surface area contributed by atoms with Crippen molar-refractivity contribution >= 4 is 29.6 Å². The van der Waals surface area contributed by atoms with Crippen LogP contribution in [0, 0.1) is 6.92 Å². The van der Waals surface area contributed by atoms with Gasteiger partial charge in [0.25, 0.3) is 11.8 Å². The molecule has 3 rings (SSSR count). The number of rotatable bonds is 2. The van der Waals surface area contributed by atoms with E-state index < -0.39 is 17.8 Å². The maximum Gasteiger partial charge on any atom is 0.335 e. The highest BCUT2D eigenvalue weighted by atomic mass is 16.3. The van der Waals surface area contributed by atoms with Crippen molar-refractivity contribution in [2.24, 2.45) is 0 Å². The number of aryl methyl sites for hydroxylation is 1. The first kappa shape index (κ1) is 13.8. The van der Waals surface area contributed by atoms with Gasteiger partial charge < -0.3 is 4.42 Å². The second-order valence-electron chi connectivity index (χ2n) is 4.81. The number of nitrogens with zero attached hydrogens (tertiary/aromatic N) is 1. The lowest BCUT2D eigenvalue weighted by Crippen LogP contribution is -2.54. The van der Waals surface area contributed by atoms with E-state index in [1.54, 1.807) is 36.4 Å². The van der Waals surface area contributed by atoms with Crippen molar-refractivity contribution in [3.05, 3.63) is 59.6 Å². The first-order chi connectivity index (χ1) is 10.6. The number of urea groups is 1. The third-order valence-corrected chi connectivity index (χ3v) is 3.22. The largest absolute Gasteiger partial charge is 0.465 e. The average molecular weight is 296 g/mol. The molecule has 0 atom stereocenters. The van der Waals surface area contributed by atoms with Crippen LogP contribution in [0.4, 0.5) is 10.5 Å². The summed E-state index contributed by atoms with van der Waals surface area (Å²) in [4.78, 5) is 37.3. The topological polar surface area (TPSA) is 79.6 Å². The Bertz CT molecular complexity index is 773. The quantitative estimate of drug-likeness (QED) is 0.681. The molecule has 22 heavy (non-hydrogen) atoms. The van der Waals surface area contributed by atoms with Crippen LogP contribution in [0.3, 0.4) is 0 Å². The van der Waals surface area contributed by atoms with Crippen LogP contribution in [0.15, 0.2) is 52.7 Å². The fourth-order valence-electron chi connectivity index (χ4n) is 2.10. The molecule has 0 aliphatic carbocycles. The van der Waals surface area contributed by atoms with E-state index in [2.05, 4.69) is 5.32 Å². The van der Waals surface area contributed by atoms with Gasteiger partial charge in [-0.15, -0.1) is 0 Å². The Hall–Kier alpha value is -3.15. The predicted octanol–water partition coefficient (Wildman–Crippen LogP) is 2.25. The van der Waals surface area contributed by atoms with Crippen LogP contribution < -0.4 is 10.2 Å². The minimum absolute atomic E-state index is 0.157. The number of anilines is 1. The van der Waals surface area contributed by atoms with Crippen molar-refractivity contribution < 1.29 is 18.8 Å². The lowest BCUT2D eigenvalue weighted by molar-refractivity contribution is -0.122. The molecule has 1 N–H and O–H groups in total. The molecule has 110 valence electrons. The molecule has 2 aromatic rings. The Morgan fingerprint density at radius 2 is 1.82 bits per heavy atom. The molecule has 1 aromatic heterocycles. The number of furan rings is 1. The van der Waals surface area contributed by atoms with Gasteiger partial charge in [0.05, 0.1) is 12.0 Å². The molecule has 0 spiro atoms. The minimum Gasteiger partial charge on any atom is -0.465 e. The van der Waals surface area contributed by atoms with Crippen LogP contribution in [-0.2, 0) is 9.59 Å². The number of amides is 4. The van der Waals surface area contributed by atoms with Gasteiger partial charge in [-0.05, 0) is 37.3 Å². The van der Waals surface area contributed by atoms with Gasteiger partial charge >= 0.3 is 6.03 Å². The molecule has 6 heteroatoms. The summed E-state index contributed by atoms with van der Waals surface area (Å²) < 4.78 is 5.10. The van der Waals surface area contributed by atoms with Crippen molar-refractivity contribution in [1.82, 2.24) is 5.32 Å². The lowest BCUT2D eigenvalue weighted by atomic mass is 10.1. The Labute approximate surface area is 126 Å². The average Bonchev–Trinajstić information content (AvgIpc) is 2.98. The third kappa shape index (κ3) is 2.42. The van der Waals surface area contributed by atoms with Gasteiger partial charge in [0, 0.05) is 0 Å². The minimum atomic E-state index is -0.768. The van der Waals surface area contributed by atoms with Crippen LogP contribution >= 0.6 is 0 Å². The zero-order valence-electron chi connectivity index (χ0n) is 11.7. The zero-order chi connectivity index (χ0) is 15.7. The molecule has 1 fully saturated rings. The highest BCUT2D eigenvalue weighted by Crippen LogP contribution is 2.22. The zero-order valence-corrected chi connectivity index (χ0v) is 11.7. The standard InChI is InChI=1S/C16H12N2O4/c1-10-4-6-11(7-5-10)18-15(20)13(14(19)17-16(18)21)9-12-3-2-8-22-12/h2-9H,1H3,(H,17,19,21)/b13-9-. The maximum absolute atomic E-state index is 12.5. The van der Waals surface area contributed by atoms with Crippen molar-refractivity contribution in [2.75, 3.05) is 4.90 Å². The summed E-state index contributed by atoms with van der Waals surface area (Å²) in [6.45, 7) is 1.90. The van der Waals surface area contributed by atoms with Crippen molar-refractivity contribution in [3.8, 4) is 0 Å². The molecule has 1 aliphatic rings. The van der Waals surface area contributed by atoms with E-state index >= 15 is 0 Å². The molecule has 1 aromatic carbocycles. The van der Waals surface area contributed by atoms with E-state index in [4.69, 9.17) is 4.42 Å². The van der Waals surface area contributed by atoms with Crippen LogP contribution in [0.25, 0.3) is 6.08 Å². The fourth-order valence-corrected chi connectivity index (χ4v) is 2.10. The molecule has 1 saturated heterocycles. The SMILES string of the molecule is Cc1ccc(N2C(=O)NC(=O)/C(=C/c3ccco3)C2=O)cc1. The Morgan fingerprint density at radius 3 is 2.45 bits per heavy atom. The summed E-state index contributed by atoms with van der Waals surface area (Å²) in [6, 6.07) is 9.33. The Morgan fingerprint density at radius 1 is 1.09 bits per heavy atom. The van der Waals surface area contributed by atoms with Crippen molar-refractivity contribution in [3.63, 3.8) is 0 Å². The van der Waals surface area contributed by atoms with Crippen molar-refractivity contribution in [2.45, 2.75) is 6.92 Å². The number of carbonyl (C=O) groups excluding carboxylic acids is 3. The van der Waals surface area contributed by atoms with Gasteiger partial charge in [-0.1, -0.05) is 17.7 Å². The van der Waals surface area contributed by atoms with Gasteiger partial charge in [-0.3, -0.25) is 14.9 Å². The third-order valence-electron chi connectivity index (χ3n) is 3.22. The number of hydrogen-bond acceptors (Lipinski definition) is 4. The van der Waals surface area contributed by atoms with E-state index in [1.165, 1.54) is 12.3 Å². The molecular weight excluding hydrogens is 284 g/mol. The van der Waals surface area contributed by atoms with Crippen LogP contribution in [0.1, 0.15) is 11.3 Å². The fraction of sp³-hybridized carbons (Fsp3) is 0.0625. The van der Waals surface area contributed by atoms with Crippen LogP contribution in [0.2, 0.25) is 0 Å². The maximum atomic E-state index is 12.5. The molecule has 0 saturated carbocycles. The second kappa shape index (κ2) is 5.33. The predicted molar refractivity (Wildman–Crippen MR) is 78.9 cm³/mol. The van der Waals surface area contributed by atoms with E-state index in [-0.39, 0.29) is 5.57 Å². The highest BCUT2D eigenvalue weighted by molar-refractivity contribution is 6.39. The van der Waals surface area contributed by atoms with Gasteiger partial charge in [0.2, 0.25) is 0 Å². The summed E-state index contributed by atoms with van der Waals surface area (Å²) in [6.07, 6.45) is 2.74. The molecular formula is C16H12N2O4. The molecule has 0 bridgehead atoms. The number of hydrogen-bond donors (Lipinski definition) is 1. The number of carbonyl (C=O) groups is 3. The molecule has 0 unspecified atom stereocenters. The van der Waals surface area contributed by atoms with Crippen molar-refractivity contribution in [1.29, 1.82) is 0 Å². The van der Waals surface area contributed by atoms with E-state index in [9.17, 15) is 14.4 Å². The van der Waals surface area contributed by atoms with Gasteiger partial charge in [-0.25, -0.2) is 9.69 Å². The number of benzene rings is 1. The number of imide groups is 2.